The number of aliphatic carboxylic acids is 1. The zero-order chi connectivity index (χ0) is 14.8. The van der Waals surface area contributed by atoms with E-state index in [2.05, 4.69) is 5.32 Å². The lowest BCUT2D eigenvalue weighted by molar-refractivity contribution is -0.143. The van der Waals surface area contributed by atoms with Gasteiger partial charge in [-0.1, -0.05) is 6.42 Å². The third-order valence-corrected chi connectivity index (χ3v) is 2.28. The second-order valence-corrected chi connectivity index (χ2v) is 3.91. The summed E-state index contributed by atoms with van der Waals surface area (Å²) < 4.78 is 7.04. The summed E-state index contributed by atoms with van der Waals surface area (Å²) in [7, 11) is 0. The Hall–Kier alpha value is -1.67. The zero-order valence-corrected chi connectivity index (χ0v) is 10.0. The number of hydrogen-bond donors (Lipinski definition) is 5. The van der Waals surface area contributed by atoms with Crippen molar-refractivity contribution in [3.8, 4) is 0 Å². The average Bonchev–Trinajstić information content (AvgIpc) is 2.33. The van der Waals surface area contributed by atoms with Crippen molar-refractivity contribution >= 4 is 17.8 Å². The summed E-state index contributed by atoms with van der Waals surface area (Å²) in [6.45, 7) is 0.478. The van der Waals surface area contributed by atoms with Crippen LogP contribution in [0.5, 0.6) is 0 Å². The Morgan fingerprint density at radius 2 is 2.00 bits per heavy atom. The number of nitrogens with two attached hydrogens (primary N) is 3. The van der Waals surface area contributed by atoms with Crippen LogP contribution in [0, 0.1) is 0 Å². The quantitative estimate of drug-likeness (QED) is 0.282. The van der Waals surface area contributed by atoms with Crippen LogP contribution in [-0.4, -0.2) is 41.5 Å². The van der Waals surface area contributed by atoms with Gasteiger partial charge >= 0.3 is 5.97 Å². The maximum atomic E-state index is 11.7. The van der Waals surface area contributed by atoms with E-state index in [4.69, 9.17) is 18.0 Å². The molecule has 0 aromatic rings. The second-order valence-electron chi connectivity index (χ2n) is 3.91. The number of nitrogens with one attached hydrogen (secondary N) is 1. The van der Waals surface area contributed by atoms with Gasteiger partial charge in [-0.15, -0.1) is 0 Å². The molecule has 0 aliphatic carbocycles. The van der Waals surface area contributed by atoms with Crippen LogP contribution >= 0.6 is 0 Å². The number of carboxylic acids is 1. The lowest BCUT2D eigenvalue weighted by atomic mass is 10.1. The fraction of sp³-hybridized carbons (Fsp3) is 0.700. The molecule has 2 atom stereocenters. The molecule has 0 bridgehead atoms. The molecule has 0 aromatic heterocycles. The highest BCUT2D eigenvalue weighted by Crippen LogP contribution is 2.00. The molecule has 8 N–H and O–H groups in total. The van der Waals surface area contributed by atoms with Gasteiger partial charge in [-0.2, -0.15) is 0 Å². The molecule has 0 aromatic carbocycles. The molecule has 0 radical (unpaired) electrons. The molecule has 0 saturated carbocycles. The minimum atomic E-state index is -1.38. The monoisotopic (exact) mass is 261 g/mol. The Bertz CT molecular complexity index is 327. The molecule has 0 unspecified atom stereocenters. The number of hydrogen-bond acceptors (Lipinski definition) is 5. The second kappa shape index (κ2) is 8.43. The minimum Gasteiger partial charge on any atom is -0.480 e. The molecule has 0 spiro atoms. The molecule has 2 amide bonds. The Balaban J connectivity index is 4.41. The molecule has 0 heterocycles. The minimum absolute atomic E-state index is 0.357. The molecule has 0 fully saturated rings. The number of primary amides is 1. The Morgan fingerprint density at radius 1 is 1.33 bits per heavy atom. The Labute approximate surface area is 106 Å². The highest BCUT2D eigenvalue weighted by Gasteiger charge is 2.24. The average molecular weight is 261 g/mol. The third-order valence-electron chi connectivity index (χ3n) is 2.28. The van der Waals surface area contributed by atoms with Crippen molar-refractivity contribution < 1.29 is 20.9 Å². The molecular weight excluding hydrogens is 240 g/mol. The van der Waals surface area contributed by atoms with Crippen LogP contribution in [0.25, 0.3) is 0 Å². The molecule has 0 rings (SSSR count). The Morgan fingerprint density at radius 3 is 2.44 bits per heavy atom. The topological polar surface area (TPSA) is 162 Å². The lowest BCUT2D eigenvalue weighted by Gasteiger charge is -2.16. The molecule has 8 nitrogen and oxygen atoms in total. The van der Waals surface area contributed by atoms with Crippen LogP contribution in [0.3, 0.4) is 0 Å². The molecular formula is C10H20N4O4. The highest BCUT2D eigenvalue weighted by atomic mass is 16.4. The maximum absolute atomic E-state index is 11.7. The van der Waals surface area contributed by atoms with Crippen molar-refractivity contribution in [3.05, 3.63) is 0 Å². The molecule has 8 heteroatoms. The summed E-state index contributed by atoms with van der Waals surface area (Å²) >= 11 is 0. The predicted octanol–water partition coefficient (Wildman–Crippen LogP) is -2.11. The van der Waals surface area contributed by atoms with Gasteiger partial charge in [0.05, 0.1) is 12.5 Å². The number of amides is 2. The Kier molecular flexibility index (Phi) is 6.74. The maximum Gasteiger partial charge on any atom is 0.326 e. The van der Waals surface area contributed by atoms with Gasteiger partial charge in [-0.3, -0.25) is 9.59 Å². The van der Waals surface area contributed by atoms with E-state index in [1.807, 2.05) is 5.73 Å². The summed E-state index contributed by atoms with van der Waals surface area (Å²) in [5, 5.41) is 11.0. The van der Waals surface area contributed by atoms with Gasteiger partial charge in [-0.05, 0) is 19.4 Å². The van der Waals surface area contributed by atoms with Crippen LogP contribution in [0.1, 0.15) is 25.7 Å². The van der Waals surface area contributed by atoms with E-state index in [1.165, 1.54) is 0 Å². The first-order chi connectivity index (χ1) is 8.92. The molecule has 18 heavy (non-hydrogen) atoms. The van der Waals surface area contributed by atoms with Crippen molar-refractivity contribution in [3.63, 3.8) is 0 Å². The van der Waals surface area contributed by atoms with Gasteiger partial charge in [0.25, 0.3) is 0 Å². The normalized spacial score (nSPS) is 14.4. The van der Waals surface area contributed by atoms with E-state index < -0.39 is 36.3 Å². The smallest absolute Gasteiger partial charge is 0.326 e. The molecule has 0 saturated heterocycles. The first-order valence-corrected chi connectivity index (χ1v) is 5.61. The number of carbonyl (C=O) groups is 3. The van der Waals surface area contributed by atoms with Crippen molar-refractivity contribution in [2.24, 2.45) is 17.2 Å². The van der Waals surface area contributed by atoms with Crippen LogP contribution < -0.4 is 22.5 Å². The van der Waals surface area contributed by atoms with E-state index >= 15 is 0 Å². The molecule has 104 valence electrons. The standard InChI is InChI=1S/C10H20N4O4/c11-4-2-1-3-6(12)9(16)14-7(10(17)18)5-8(13)15/h6-7H,1-5,11-12H2,(H2,13,15)(H,14,16)(H,17,18)/t6-,7-/m1/s1/i/hD. The predicted molar refractivity (Wildman–Crippen MR) is 64.3 cm³/mol. The fourth-order valence-corrected chi connectivity index (χ4v) is 1.30. The third kappa shape index (κ3) is 6.81. The summed E-state index contributed by atoms with van der Waals surface area (Å²) in [4.78, 5) is 33.2. The van der Waals surface area contributed by atoms with Gasteiger partial charge in [0, 0.05) is 0 Å². The number of carboxylic acid groups (broad SMARTS) is 1. The number of unbranched alkanes of at least 4 members (excludes halogenated alkanes) is 1. The number of rotatable bonds is 10. The van der Waals surface area contributed by atoms with E-state index in [0.29, 0.717) is 25.8 Å². The summed E-state index contributed by atoms with van der Waals surface area (Å²) in [5.74, 6) is -2.83. The van der Waals surface area contributed by atoms with Crippen molar-refractivity contribution in [1.29, 1.82) is 0 Å². The van der Waals surface area contributed by atoms with Crippen LogP contribution in [0.4, 0.5) is 0 Å². The lowest BCUT2D eigenvalue weighted by Crippen LogP contribution is -2.49. The van der Waals surface area contributed by atoms with Gasteiger partial charge in [0.2, 0.25) is 11.8 Å². The largest absolute Gasteiger partial charge is 0.480 e. The van der Waals surface area contributed by atoms with Crippen LogP contribution in [0.15, 0.2) is 0 Å². The van der Waals surface area contributed by atoms with Crippen LogP contribution in [0.2, 0.25) is 1.41 Å². The number of carbonyl (C=O) groups excluding carboxylic acids is 2. The summed E-state index contributed by atoms with van der Waals surface area (Å²) in [6, 6.07) is -2.23. The van der Waals surface area contributed by atoms with Crippen molar-refractivity contribution in [1.82, 2.24) is 5.32 Å². The summed E-state index contributed by atoms with van der Waals surface area (Å²) in [5.41, 5.74) is 12.3. The SMILES string of the molecule is [2H]N[C@H](CCCCN)C(=O)N[C@H](CC(N)=O)C(=O)O. The summed E-state index contributed by atoms with van der Waals surface area (Å²) in [6.07, 6.45) is 1.20. The van der Waals surface area contributed by atoms with E-state index in [1.54, 1.807) is 0 Å². The zero-order valence-electron chi connectivity index (χ0n) is 11.0. The van der Waals surface area contributed by atoms with E-state index in [0.717, 1.165) is 0 Å². The van der Waals surface area contributed by atoms with Crippen molar-refractivity contribution in [2.75, 3.05) is 6.54 Å². The van der Waals surface area contributed by atoms with Gasteiger partial charge in [0.15, 0.2) is 0 Å². The van der Waals surface area contributed by atoms with Gasteiger partial charge in [-0.25, -0.2) is 4.79 Å². The van der Waals surface area contributed by atoms with E-state index in [9.17, 15) is 14.4 Å². The first kappa shape index (κ1) is 14.4. The van der Waals surface area contributed by atoms with Crippen LogP contribution in [-0.2, 0) is 14.4 Å². The fourth-order valence-electron chi connectivity index (χ4n) is 1.30. The van der Waals surface area contributed by atoms with Gasteiger partial charge in [0.1, 0.15) is 7.45 Å². The van der Waals surface area contributed by atoms with Gasteiger partial charge < -0.3 is 27.6 Å². The highest BCUT2D eigenvalue weighted by molar-refractivity contribution is 5.89. The molecule has 0 aliphatic rings. The van der Waals surface area contributed by atoms with E-state index in [-0.39, 0.29) is 0 Å². The van der Waals surface area contributed by atoms with Crippen molar-refractivity contribution in [2.45, 2.75) is 37.8 Å². The molecule has 0 aliphatic heterocycles. The first-order valence-electron chi connectivity index (χ1n) is 6.11.